The van der Waals surface area contributed by atoms with Crippen LogP contribution in [0.15, 0.2) is 0 Å². The normalized spacial score (nSPS) is 12.2. The molecule has 0 aliphatic carbocycles. The molecule has 0 spiro atoms. The van der Waals surface area contributed by atoms with Crippen LogP contribution in [0.4, 0.5) is 0 Å². The maximum Gasteiger partial charge on any atom is 0.353 e. The second kappa shape index (κ2) is 3.00. The highest BCUT2D eigenvalue weighted by Crippen LogP contribution is 1.79. The van der Waals surface area contributed by atoms with Gasteiger partial charge in [0, 0.05) is 0 Å². The molecule has 6 nitrogen and oxygen atoms in total. The Kier molecular flexibility index (Phi) is 2.62. The van der Waals surface area contributed by atoms with Crippen LogP contribution in [0.25, 0.3) is 0 Å². The fourth-order valence-corrected chi connectivity index (χ4v) is 0.174. The van der Waals surface area contributed by atoms with Crippen molar-refractivity contribution in [3.8, 4) is 0 Å². The first kappa shape index (κ1) is 7.86. The number of hydrogen-bond donors (Lipinski definition) is 3. The van der Waals surface area contributed by atoms with Crippen LogP contribution in [-0.4, -0.2) is 23.1 Å². The Hall–Kier alpha value is -1.14. The molecule has 0 aromatic rings. The van der Waals surface area contributed by atoms with Gasteiger partial charge in [0.05, 0.1) is 0 Å². The summed E-state index contributed by atoms with van der Waals surface area (Å²) in [5.74, 6) is 1.69. The summed E-state index contributed by atoms with van der Waals surface area (Å²) in [7, 11) is 0. The number of nitrogens with two attached hydrogens (primary N) is 2. The van der Waals surface area contributed by atoms with Crippen LogP contribution >= 0.6 is 0 Å². The van der Waals surface area contributed by atoms with E-state index in [9.17, 15) is 9.59 Å². The van der Waals surface area contributed by atoms with Crippen molar-refractivity contribution in [2.75, 3.05) is 0 Å². The van der Waals surface area contributed by atoms with Crippen molar-refractivity contribution >= 4 is 11.9 Å². The average Bonchev–Trinajstić information content (AvgIpc) is 1.84. The van der Waals surface area contributed by atoms with Gasteiger partial charge in [0.15, 0.2) is 0 Å². The molecule has 0 aromatic heterocycles. The van der Waals surface area contributed by atoms with Gasteiger partial charge >= 0.3 is 11.9 Å². The molecule has 0 fully saturated rings. The highest BCUT2D eigenvalue weighted by atomic mass is 16.7. The predicted octanol–water partition coefficient (Wildman–Crippen LogP) is -2.18. The number of carbonyl (C=O) groups excluding carboxylic acids is 1. The molecule has 5 N–H and O–H groups in total. The van der Waals surface area contributed by atoms with E-state index >= 15 is 0 Å². The summed E-state index contributed by atoms with van der Waals surface area (Å²) < 4.78 is 0. The third-order valence-electron chi connectivity index (χ3n) is 0.636. The van der Waals surface area contributed by atoms with Crippen LogP contribution in [-0.2, 0) is 14.4 Å². The van der Waals surface area contributed by atoms with Crippen LogP contribution in [0.1, 0.15) is 0 Å². The van der Waals surface area contributed by atoms with Crippen LogP contribution in [0, 0.1) is 0 Å². The Morgan fingerprint density at radius 2 is 2.00 bits per heavy atom. The van der Waals surface area contributed by atoms with Gasteiger partial charge in [-0.15, -0.1) is 0 Å². The summed E-state index contributed by atoms with van der Waals surface area (Å²) in [6, 6.07) is -1.69. The van der Waals surface area contributed by atoms with Crippen molar-refractivity contribution in [2.45, 2.75) is 6.04 Å². The van der Waals surface area contributed by atoms with Gasteiger partial charge in [-0.1, -0.05) is 0 Å². The second-order valence-electron chi connectivity index (χ2n) is 1.25. The van der Waals surface area contributed by atoms with Crippen molar-refractivity contribution in [1.29, 1.82) is 0 Å². The van der Waals surface area contributed by atoms with E-state index in [1.54, 1.807) is 0 Å². The molecule has 0 heterocycles. The fraction of sp³-hybridized carbons (Fsp3) is 0.333. The van der Waals surface area contributed by atoms with E-state index in [1.807, 2.05) is 0 Å². The number of rotatable bonds is 2. The number of aliphatic carboxylic acids is 1. The van der Waals surface area contributed by atoms with E-state index in [1.165, 1.54) is 0 Å². The number of carboxylic acids is 1. The van der Waals surface area contributed by atoms with Gasteiger partial charge in [-0.2, -0.15) is 5.90 Å². The Balaban J connectivity index is 3.88. The van der Waals surface area contributed by atoms with Crippen LogP contribution in [0.5, 0.6) is 0 Å². The van der Waals surface area contributed by atoms with Crippen molar-refractivity contribution in [3.63, 3.8) is 0 Å². The molecule has 0 aliphatic heterocycles. The summed E-state index contributed by atoms with van der Waals surface area (Å²) >= 11 is 0. The zero-order valence-corrected chi connectivity index (χ0v) is 4.40. The molecule has 6 heteroatoms. The largest absolute Gasteiger partial charge is 0.480 e. The minimum atomic E-state index is -1.69. The van der Waals surface area contributed by atoms with Gasteiger partial charge in [0.25, 0.3) is 0 Å². The minimum Gasteiger partial charge on any atom is -0.480 e. The average molecular weight is 134 g/mol. The summed E-state index contributed by atoms with van der Waals surface area (Å²) in [5.41, 5.74) is 4.72. The van der Waals surface area contributed by atoms with Crippen LogP contribution in [0.2, 0.25) is 0 Å². The fourth-order valence-electron chi connectivity index (χ4n) is 0.174. The molecule has 52 valence electrons. The lowest BCUT2D eigenvalue weighted by Crippen LogP contribution is -2.40. The van der Waals surface area contributed by atoms with E-state index in [0.29, 0.717) is 0 Å². The van der Waals surface area contributed by atoms with Gasteiger partial charge in [0.2, 0.25) is 6.04 Å². The van der Waals surface area contributed by atoms with E-state index in [2.05, 4.69) is 10.7 Å². The molecule has 9 heavy (non-hydrogen) atoms. The van der Waals surface area contributed by atoms with Crippen molar-refractivity contribution in [3.05, 3.63) is 0 Å². The predicted molar refractivity (Wildman–Crippen MR) is 25.9 cm³/mol. The lowest BCUT2D eigenvalue weighted by Gasteiger charge is -1.99. The Morgan fingerprint density at radius 1 is 1.56 bits per heavy atom. The van der Waals surface area contributed by atoms with Crippen molar-refractivity contribution < 1.29 is 19.5 Å². The molecule has 0 rings (SSSR count). The maximum absolute atomic E-state index is 10.1. The molecule has 0 aromatic carbocycles. The lowest BCUT2D eigenvalue weighted by molar-refractivity contribution is -0.154. The van der Waals surface area contributed by atoms with E-state index in [4.69, 9.17) is 10.8 Å². The number of carbonyl (C=O) groups is 2. The highest BCUT2D eigenvalue weighted by Gasteiger charge is 2.21. The molecule has 1 atom stereocenters. The maximum atomic E-state index is 10.1. The van der Waals surface area contributed by atoms with E-state index in [0.717, 1.165) is 0 Å². The van der Waals surface area contributed by atoms with Gasteiger partial charge in [-0.3, -0.25) is 0 Å². The first-order chi connectivity index (χ1) is 4.09. The zero-order valence-electron chi connectivity index (χ0n) is 4.40. The summed E-state index contributed by atoms with van der Waals surface area (Å²) in [5, 5.41) is 8.00. The summed E-state index contributed by atoms with van der Waals surface area (Å²) in [6.45, 7) is 0. The van der Waals surface area contributed by atoms with E-state index < -0.39 is 18.0 Å². The quantitative estimate of drug-likeness (QED) is 0.292. The van der Waals surface area contributed by atoms with Gasteiger partial charge in [-0.25, -0.2) is 9.59 Å². The highest BCUT2D eigenvalue weighted by molar-refractivity contribution is 5.97. The smallest absolute Gasteiger partial charge is 0.353 e. The molecule has 0 aliphatic rings. The van der Waals surface area contributed by atoms with Crippen molar-refractivity contribution in [1.82, 2.24) is 0 Å². The number of hydrogen-bond acceptors (Lipinski definition) is 5. The zero-order chi connectivity index (χ0) is 7.44. The first-order valence-electron chi connectivity index (χ1n) is 1.98. The molecular formula is C3H6N2O4. The van der Waals surface area contributed by atoms with Crippen molar-refractivity contribution in [2.24, 2.45) is 11.6 Å². The second-order valence-corrected chi connectivity index (χ2v) is 1.25. The topological polar surface area (TPSA) is 116 Å². The molecule has 0 bridgehead atoms. The third-order valence-corrected chi connectivity index (χ3v) is 0.636. The van der Waals surface area contributed by atoms with Crippen LogP contribution in [0.3, 0.4) is 0 Å². The van der Waals surface area contributed by atoms with Gasteiger partial charge in [-0.05, 0) is 0 Å². The summed E-state index contributed by atoms with van der Waals surface area (Å²) in [6.07, 6.45) is 0. The van der Waals surface area contributed by atoms with Gasteiger partial charge in [0.1, 0.15) is 0 Å². The standard InChI is InChI=1S/C3H6N2O4/c4-1(2(6)7)3(8)9-5/h1H,4-5H2,(H,6,7). The molecular weight excluding hydrogens is 128 g/mol. The molecule has 0 radical (unpaired) electrons. The third kappa shape index (κ3) is 2.06. The SMILES string of the molecule is NOC(=O)C(N)C(=O)O. The monoisotopic (exact) mass is 134 g/mol. The molecule has 0 saturated heterocycles. The van der Waals surface area contributed by atoms with Gasteiger partial charge < -0.3 is 15.7 Å². The molecule has 1 unspecified atom stereocenters. The summed E-state index contributed by atoms with van der Waals surface area (Å²) in [4.78, 5) is 23.4. The number of carboxylic acid groups (broad SMARTS) is 1. The lowest BCUT2D eigenvalue weighted by atomic mass is 10.3. The minimum absolute atomic E-state index is 1.16. The molecule has 0 saturated carbocycles. The molecule has 0 amide bonds. The van der Waals surface area contributed by atoms with Crippen LogP contribution < -0.4 is 11.6 Å². The first-order valence-corrected chi connectivity index (χ1v) is 1.98. The Morgan fingerprint density at radius 3 is 2.11 bits per heavy atom. The Labute approximate surface area is 50.3 Å². The van der Waals surface area contributed by atoms with E-state index in [-0.39, 0.29) is 0 Å². The Bertz CT molecular complexity index is 134.